The summed E-state index contributed by atoms with van der Waals surface area (Å²) in [6.07, 6.45) is 1.06. The van der Waals surface area contributed by atoms with Crippen LogP contribution in [0.15, 0.2) is 5.86 Å². The molecule has 1 aromatic heterocycles. The van der Waals surface area contributed by atoms with Crippen molar-refractivity contribution in [3.63, 3.8) is 0 Å². The SMILES string of the molecule is C.C.C1CNC1.CC.CC.CNC.CNCN(C)C(=O)OC.CNCN(C)C(C)=O.N.[B].[B][B].b1bc2c(bc1)CNC2. The number of rotatable bonds is 4. The Labute approximate surface area is 274 Å². The molecule has 0 bridgehead atoms. The monoisotopic (exact) mass is 606 g/mol. The van der Waals surface area contributed by atoms with Crippen LogP contribution in [-0.4, -0.2) is 142 Å². The van der Waals surface area contributed by atoms with Crippen LogP contribution >= 0.6 is 0 Å². The number of carbonyl (C=O) groups is 2. The first kappa shape index (κ1) is 64.4. The maximum atomic E-state index is 10.6. The summed E-state index contributed by atoms with van der Waals surface area (Å²) >= 11 is 0. The van der Waals surface area contributed by atoms with Gasteiger partial charge >= 0.3 is 61.8 Å². The molecule has 0 saturated carbocycles. The van der Waals surface area contributed by atoms with Gasteiger partial charge in [-0.3, -0.25) is 9.69 Å². The second-order valence-electron chi connectivity index (χ2n) is 7.38. The summed E-state index contributed by atoms with van der Waals surface area (Å²) in [4.78, 5) is 24.0. The molecule has 43 heavy (non-hydrogen) atoms. The van der Waals surface area contributed by atoms with Crippen molar-refractivity contribution in [3.05, 3.63) is 16.8 Å². The standard InChI is InChI=1S/C5H6B3N.C5H12N2O2.C5H12N2O.C3H7N.C2H7N.2C2H6.2CH4.B2.B.H3N/c1-4-5(2-9-1)8-7-3-6-4;1-6-4-7(2)5(8)9-3;1-5(8)7(3)4-6-2;1-2-4-3-1;1-3-2;2*1-2;;;1-2;;/h3,9H,1-2H2;6H,4H2,1-3H3;6H,4H2,1-3H3;4H,1-3H2;3H,1-2H3;2*1-2H3;2*1H4;;;1H3. The fourth-order valence-corrected chi connectivity index (χ4v) is 2.22. The molecule has 0 spiro atoms. The molecule has 8 N–H and O–H groups in total. The number of fused-ring (bicyclic) bond motifs is 1. The Bertz CT molecular complexity index is 615. The fourth-order valence-electron chi connectivity index (χ4n) is 2.22. The summed E-state index contributed by atoms with van der Waals surface area (Å²) in [6, 6.07) is 0. The van der Waals surface area contributed by atoms with Crippen molar-refractivity contribution < 1.29 is 14.3 Å². The van der Waals surface area contributed by atoms with Crippen molar-refractivity contribution in [1.82, 2.24) is 42.5 Å². The Balaban J connectivity index is -0.0000000464. The number of ether oxygens (including phenoxy) is 1. The molecule has 0 atom stereocenters. The average Bonchev–Trinajstić information content (AvgIpc) is 3.41. The van der Waals surface area contributed by atoms with E-state index in [-0.39, 0.29) is 41.4 Å². The van der Waals surface area contributed by atoms with E-state index in [1.807, 2.05) is 41.8 Å². The third-order valence-corrected chi connectivity index (χ3v) is 4.27. The van der Waals surface area contributed by atoms with Gasteiger partial charge in [-0.2, -0.15) is 0 Å². The van der Waals surface area contributed by atoms with Gasteiger partial charge < -0.3 is 37.1 Å². The molecule has 247 valence electrons. The molecular formula is C26H67B6N8O3. The van der Waals surface area contributed by atoms with Crippen molar-refractivity contribution >= 4 is 56.4 Å². The molecule has 1 aromatic rings. The Hall–Kier alpha value is -1.50. The second kappa shape index (κ2) is 56.3. The Morgan fingerprint density at radius 3 is 1.56 bits per heavy atom. The van der Waals surface area contributed by atoms with Gasteiger partial charge in [0, 0.05) is 44.9 Å². The molecule has 1 saturated heterocycles. The number of nitrogens with zero attached hydrogens (tertiary/aromatic N) is 2. The number of amides is 2. The van der Waals surface area contributed by atoms with Gasteiger partial charge in [0.2, 0.25) is 5.91 Å². The third kappa shape index (κ3) is 47.6. The van der Waals surface area contributed by atoms with Gasteiger partial charge in [0.1, 0.15) is 0 Å². The van der Waals surface area contributed by atoms with Gasteiger partial charge in [0.25, 0.3) is 0 Å². The first-order valence-corrected chi connectivity index (χ1v) is 13.5. The van der Waals surface area contributed by atoms with Crippen molar-refractivity contribution in [2.75, 3.05) is 75.8 Å². The summed E-state index contributed by atoms with van der Waals surface area (Å²) in [6.45, 7) is 21.7. The van der Waals surface area contributed by atoms with E-state index in [1.165, 1.54) is 49.4 Å². The molecule has 2 aliphatic rings. The summed E-state index contributed by atoms with van der Waals surface area (Å²) in [5.74, 6) is 2.17. The normalized spacial score (nSPS) is 9.49. The topological polar surface area (TPSA) is 145 Å². The molecule has 3 rings (SSSR count). The number of hydrogen-bond acceptors (Lipinski definition) is 9. The average molecular weight is 605 g/mol. The van der Waals surface area contributed by atoms with Gasteiger partial charge in [-0.1, -0.05) is 42.5 Å². The van der Waals surface area contributed by atoms with E-state index in [0.29, 0.717) is 13.3 Å². The molecular weight excluding hydrogens is 537 g/mol. The molecule has 7 radical (unpaired) electrons. The first-order valence-electron chi connectivity index (χ1n) is 13.5. The number of methoxy groups -OCH3 is 1. The third-order valence-electron chi connectivity index (χ3n) is 4.27. The molecule has 1 fully saturated rings. The van der Waals surface area contributed by atoms with Gasteiger partial charge in [0.15, 0.2) is 0 Å². The van der Waals surface area contributed by atoms with Crippen LogP contribution in [-0.2, 0) is 22.6 Å². The Morgan fingerprint density at radius 1 is 0.907 bits per heavy atom. The van der Waals surface area contributed by atoms with E-state index in [0.717, 1.165) is 13.1 Å². The van der Waals surface area contributed by atoms with Crippen molar-refractivity contribution in [1.29, 1.82) is 0 Å². The fraction of sp³-hybridized carbons (Fsp3) is 0.808. The van der Waals surface area contributed by atoms with Crippen LogP contribution in [0.25, 0.3) is 0 Å². The summed E-state index contributed by atoms with van der Waals surface area (Å²) in [5.41, 5.74) is 2.91. The van der Waals surface area contributed by atoms with Crippen LogP contribution in [0.3, 0.4) is 0 Å². The van der Waals surface area contributed by atoms with Crippen LogP contribution in [0.4, 0.5) is 4.79 Å². The molecule has 0 unspecified atom stereocenters. The summed E-state index contributed by atoms with van der Waals surface area (Å²) < 4.78 is 4.41. The van der Waals surface area contributed by atoms with Crippen LogP contribution in [0.5, 0.6) is 0 Å². The quantitative estimate of drug-likeness (QED) is 0.219. The minimum absolute atomic E-state index is 0. The Morgan fingerprint density at radius 2 is 1.28 bits per heavy atom. The predicted molar refractivity (Wildman–Crippen MR) is 198 cm³/mol. The van der Waals surface area contributed by atoms with Crippen LogP contribution in [0.1, 0.15) is 66.8 Å². The summed E-state index contributed by atoms with van der Waals surface area (Å²) in [5, 5.41) is 14.8. The van der Waals surface area contributed by atoms with Crippen LogP contribution in [0, 0.1) is 0 Å². The zero-order valence-electron chi connectivity index (χ0n) is 28.3. The van der Waals surface area contributed by atoms with Crippen LogP contribution in [0.2, 0.25) is 0 Å². The van der Waals surface area contributed by atoms with E-state index in [1.54, 1.807) is 33.1 Å². The van der Waals surface area contributed by atoms with Gasteiger partial charge in [-0.15, -0.1) is 0 Å². The van der Waals surface area contributed by atoms with Crippen molar-refractivity contribution in [3.8, 4) is 0 Å². The van der Waals surface area contributed by atoms with Gasteiger partial charge in [-0.05, 0) is 47.7 Å². The number of nitrogens with one attached hydrogen (secondary N) is 5. The van der Waals surface area contributed by atoms with E-state index in [9.17, 15) is 9.59 Å². The van der Waals surface area contributed by atoms with E-state index < -0.39 is 0 Å². The molecule has 3 heterocycles. The van der Waals surface area contributed by atoms with E-state index >= 15 is 0 Å². The predicted octanol–water partition coefficient (Wildman–Crippen LogP) is 0.967. The molecule has 0 aromatic carbocycles. The minimum atomic E-state index is -0.329. The van der Waals surface area contributed by atoms with Crippen molar-refractivity contribution in [2.24, 2.45) is 0 Å². The van der Waals surface area contributed by atoms with Gasteiger partial charge in [-0.25, -0.2) is 4.79 Å². The Kier molecular flexibility index (Phi) is 84.4. The number of carbonyl (C=O) groups excluding carboxylic acids is 2. The van der Waals surface area contributed by atoms with Crippen molar-refractivity contribution in [2.45, 2.75) is 69.0 Å². The zero-order valence-corrected chi connectivity index (χ0v) is 28.3. The molecule has 0 aliphatic carbocycles. The summed E-state index contributed by atoms with van der Waals surface area (Å²) in [7, 11) is 20.1. The zero-order chi connectivity index (χ0) is 31.5. The van der Waals surface area contributed by atoms with Gasteiger partial charge in [0.05, 0.1) is 20.4 Å². The van der Waals surface area contributed by atoms with E-state index in [4.69, 9.17) is 0 Å². The number of hydrogen-bond donors (Lipinski definition) is 6. The molecule has 2 aliphatic heterocycles. The van der Waals surface area contributed by atoms with E-state index in [2.05, 4.69) is 73.2 Å². The first-order chi connectivity index (χ1) is 18.8. The molecule has 17 heteroatoms. The van der Waals surface area contributed by atoms with Crippen LogP contribution < -0.4 is 32.7 Å². The second-order valence-corrected chi connectivity index (χ2v) is 7.38. The molecule has 2 amide bonds. The molecule has 11 nitrogen and oxygen atoms in total. The maximum absolute atomic E-state index is 10.6.